The van der Waals surface area contributed by atoms with Crippen LogP contribution in [-0.2, 0) is 0 Å². The fourth-order valence-corrected chi connectivity index (χ4v) is 18.0. The maximum atomic E-state index is 2.85. The van der Waals surface area contributed by atoms with Gasteiger partial charge in [0.15, 0.2) is 0 Å². The predicted molar refractivity (Wildman–Crippen MR) is 420 cm³/mol. The molecule has 2 fully saturated rings. The van der Waals surface area contributed by atoms with Crippen LogP contribution in [-0.4, -0.2) is 23.4 Å². The number of aromatic nitrogens is 1. The summed E-state index contributed by atoms with van der Waals surface area (Å²) in [5.74, 6) is 1.43. The number of rotatable bonds is 11. The molecule has 14 aromatic carbocycles. The van der Waals surface area contributed by atoms with Gasteiger partial charge in [0.1, 0.15) is 0 Å². The van der Waals surface area contributed by atoms with Crippen molar-refractivity contribution < 1.29 is 0 Å². The average molecular weight is 1270 g/mol. The second-order valence-corrected chi connectivity index (χ2v) is 28.1. The van der Waals surface area contributed by atoms with Gasteiger partial charge in [-0.25, -0.2) is 0 Å². The van der Waals surface area contributed by atoms with E-state index in [0.717, 1.165) is 101 Å². The minimum atomic E-state index is -0.204. The van der Waals surface area contributed by atoms with Crippen molar-refractivity contribution in [2.24, 2.45) is 11.8 Å². The molecule has 5 heteroatoms. The predicted octanol–water partition coefficient (Wildman–Crippen LogP) is 22.9. The van der Waals surface area contributed by atoms with E-state index in [2.05, 4.69) is 367 Å². The van der Waals surface area contributed by atoms with E-state index in [1.807, 2.05) is 0 Å². The molecule has 15 aromatic rings. The Morgan fingerprint density at radius 2 is 0.646 bits per heavy atom. The van der Waals surface area contributed by atoms with Crippen LogP contribution in [0.1, 0.15) is 39.5 Å². The highest BCUT2D eigenvalue weighted by atomic mass is 15.2. The molecule has 1 saturated carbocycles. The number of piperidine rings is 1. The molecule has 472 valence electrons. The van der Waals surface area contributed by atoms with E-state index in [-0.39, 0.29) is 6.71 Å². The highest BCUT2D eigenvalue weighted by molar-refractivity contribution is 7.00. The Balaban J connectivity index is 0.989. The molecule has 0 amide bonds. The zero-order chi connectivity index (χ0) is 65.7. The fourth-order valence-electron chi connectivity index (χ4n) is 18.0. The molecule has 3 aliphatic heterocycles. The number of benzene rings is 14. The maximum absolute atomic E-state index is 2.85. The van der Waals surface area contributed by atoms with Crippen molar-refractivity contribution in [1.29, 1.82) is 0 Å². The van der Waals surface area contributed by atoms with E-state index in [4.69, 9.17) is 0 Å². The van der Waals surface area contributed by atoms with Crippen LogP contribution < -0.4 is 31.1 Å². The van der Waals surface area contributed by atoms with Crippen molar-refractivity contribution in [3.05, 3.63) is 334 Å². The average Bonchev–Trinajstić information content (AvgIpc) is 0.877. The Kier molecular flexibility index (Phi) is 14.3. The summed E-state index contributed by atoms with van der Waals surface area (Å²) in [4.78, 5) is 8.33. The molecule has 4 unspecified atom stereocenters. The lowest BCUT2D eigenvalue weighted by molar-refractivity contribution is 0.179. The van der Waals surface area contributed by atoms with E-state index in [1.54, 1.807) is 0 Å². The molecule has 19 rings (SSSR count). The lowest BCUT2D eigenvalue weighted by atomic mass is 9.33. The first-order valence-electron chi connectivity index (χ1n) is 35.5. The monoisotopic (exact) mass is 1270 g/mol. The Morgan fingerprint density at radius 1 is 0.293 bits per heavy atom. The van der Waals surface area contributed by atoms with Gasteiger partial charge in [-0.15, -0.1) is 0 Å². The van der Waals surface area contributed by atoms with Crippen LogP contribution >= 0.6 is 0 Å². The summed E-state index contributed by atoms with van der Waals surface area (Å²) in [6, 6.07) is 127. The molecular formula is C94H73BN4. The van der Waals surface area contributed by atoms with Crippen molar-refractivity contribution >= 4 is 84.7 Å². The van der Waals surface area contributed by atoms with Crippen LogP contribution in [0, 0.1) is 11.8 Å². The highest BCUT2D eigenvalue weighted by Gasteiger charge is 2.47. The van der Waals surface area contributed by atoms with Crippen LogP contribution in [0.4, 0.5) is 39.8 Å². The van der Waals surface area contributed by atoms with Gasteiger partial charge in [0.25, 0.3) is 6.71 Å². The Labute approximate surface area is 581 Å². The molecule has 0 spiro atoms. The molecule has 2 bridgehead atoms. The molecule has 1 aromatic heterocycles. The van der Waals surface area contributed by atoms with Gasteiger partial charge in [0.2, 0.25) is 0 Å². The number of hydrogen-bond acceptors (Lipinski definition) is 3. The summed E-state index contributed by atoms with van der Waals surface area (Å²) in [6.07, 6.45) is 4.97. The van der Waals surface area contributed by atoms with Gasteiger partial charge in [-0.1, -0.05) is 268 Å². The third kappa shape index (κ3) is 9.96. The van der Waals surface area contributed by atoms with Crippen LogP contribution in [0.25, 0.3) is 105 Å². The van der Waals surface area contributed by atoms with Gasteiger partial charge < -0.3 is 19.3 Å². The summed E-state index contributed by atoms with van der Waals surface area (Å²) in [6.45, 7) is 4.80. The topological polar surface area (TPSA) is 14.7 Å². The zero-order valence-corrected chi connectivity index (χ0v) is 55.8. The SMILES string of the molecule is CC1CC2CC(C)N(c3ccc4c(c3)N(c3c(-c5ccccc5)cc(-c5ccccc5)cc3-c3ccccc3)c3cc(-c5ccccc5)cc5c3B4c3ccc(-n4c6ccccc6c6ccccc64)cc3N5c3c(-c4ccccc4)cc(-c4ccccc4)cc3-c3ccccc3)C(C1)C2. The first-order chi connectivity index (χ1) is 48.9. The lowest BCUT2D eigenvalue weighted by Crippen LogP contribution is -2.61. The van der Waals surface area contributed by atoms with Gasteiger partial charge in [-0.3, -0.25) is 0 Å². The smallest absolute Gasteiger partial charge is 0.252 e. The van der Waals surface area contributed by atoms with E-state index in [0.29, 0.717) is 18.0 Å². The van der Waals surface area contributed by atoms with Gasteiger partial charge in [0, 0.05) is 79.2 Å². The second kappa shape index (κ2) is 24.2. The van der Waals surface area contributed by atoms with Gasteiger partial charge in [-0.05, 0) is 189 Å². The van der Waals surface area contributed by atoms with E-state index in [9.17, 15) is 0 Å². The first kappa shape index (κ1) is 58.7. The van der Waals surface area contributed by atoms with Crippen molar-refractivity contribution in [1.82, 2.24) is 4.57 Å². The molecule has 4 aliphatic rings. The highest BCUT2D eigenvalue weighted by Crippen LogP contribution is 2.56. The maximum Gasteiger partial charge on any atom is 0.252 e. The van der Waals surface area contributed by atoms with Crippen LogP contribution in [0.15, 0.2) is 334 Å². The van der Waals surface area contributed by atoms with Gasteiger partial charge >= 0.3 is 0 Å². The number of anilines is 7. The molecule has 0 radical (unpaired) electrons. The molecule has 1 saturated heterocycles. The summed E-state index contributed by atoms with van der Waals surface area (Å²) >= 11 is 0. The largest absolute Gasteiger partial charge is 0.366 e. The third-order valence-corrected chi connectivity index (χ3v) is 22.1. The minimum absolute atomic E-state index is 0.204. The second-order valence-electron chi connectivity index (χ2n) is 28.1. The molecule has 4 heterocycles. The number of fused-ring (bicyclic) bond motifs is 9. The minimum Gasteiger partial charge on any atom is -0.366 e. The standard InChI is InChI=1S/C94H73BN4/c1-62-50-64-52-63(2)96(77(51-62)53-64)75-46-48-84-88(60-75)98(93-80(68-34-16-6-17-35-68)54-72(65-28-10-3-11-29-65)55-81(93)69-36-18-7-19-37-69)90-58-74(67-32-14-5-15-33-67)59-91-92(90)95(84)85-49-47-76(97-86-44-26-24-42-78(86)79-43-25-27-45-87(79)97)61-89(85)99(91)94-82(70-38-20-8-21-39-70)56-73(66-30-12-4-13-31-66)57-83(94)71-40-22-9-23-41-71/h3-49,54-64,77H,50-53H2,1-2H3. The normalized spacial score (nSPS) is 16.7. The fraction of sp³-hybridized carbons (Fsp3) is 0.106. The molecule has 99 heavy (non-hydrogen) atoms. The Hall–Kier alpha value is -11.7. The summed E-state index contributed by atoms with van der Waals surface area (Å²) < 4.78 is 2.51. The summed E-state index contributed by atoms with van der Waals surface area (Å²) in [5.41, 5.74) is 31.6. The molecule has 1 aliphatic carbocycles. The van der Waals surface area contributed by atoms with Crippen molar-refractivity contribution in [2.45, 2.75) is 51.6 Å². The molecular weight excluding hydrogens is 1200 g/mol. The number of para-hydroxylation sites is 2. The van der Waals surface area contributed by atoms with Gasteiger partial charge in [-0.2, -0.15) is 0 Å². The Bertz CT molecular complexity index is 5380. The zero-order valence-electron chi connectivity index (χ0n) is 55.8. The van der Waals surface area contributed by atoms with Crippen molar-refractivity contribution in [3.63, 3.8) is 0 Å². The Morgan fingerprint density at radius 3 is 1.06 bits per heavy atom. The van der Waals surface area contributed by atoms with E-state index >= 15 is 0 Å². The van der Waals surface area contributed by atoms with Gasteiger partial charge in [0.05, 0.1) is 22.4 Å². The van der Waals surface area contributed by atoms with Crippen molar-refractivity contribution in [3.8, 4) is 83.6 Å². The van der Waals surface area contributed by atoms with Crippen LogP contribution in [0.5, 0.6) is 0 Å². The summed E-state index contributed by atoms with van der Waals surface area (Å²) in [7, 11) is 0. The van der Waals surface area contributed by atoms with E-state index < -0.39 is 0 Å². The van der Waals surface area contributed by atoms with E-state index in [1.165, 1.54) is 91.9 Å². The first-order valence-corrected chi connectivity index (χ1v) is 35.5. The number of hydrogen-bond donors (Lipinski definition) is 0. The molecule has 0 N–H and O–H groups in total. The van der Waals surface area contributed by atoms with Crippen LogP contribution in [0.3, 0.4) is 0 Å². The number of nitrogens with zero attached hydrogens (tertiary/aromatic N) is 4. The third-order valence-electron chi connectivity index (χ3n) is 22.1. The lowest BCUT2D eigenvalue weighted by Gasteiger charge is -2.51. The quantitative estimate of drug-likeness (QED) is 0.120. The molecule has 4 nitrogen and oxygen atoms in total. The summed E-state index contributed by atoms with van der Waals surface area (Å²) in [5, 5.41) is 2.47. The van der Waals surface area contributed by atoms with Crippen molar-refractivity contribution in [2.75, 3.05) is 14.7 Å². The molecule has 4 atom stereocenters. The van der Waals surface area contributed by atoms with Crippen LogP contribution in [0.2, 0.25) is 0 Å².